The summed E-state index contributed by atoms with van der Waals surface area (Å²) in [6.07, 6.45) is 3.50. The van der Waals surface area contributed by atoms with Gasteiger partial charge in [-0.25, -0.2) is 12.8 Å². The van der Waals surface area contributed by atoms with Crippen LogP contribution in [0.2, 0.25) is 0 Å². The quantitative estimate of drug-likeness (QED) is 0.847. The van der Waals surface area contributed by atoms with E-state index in [4.69, 9.17) is 4.74 Å². The number of methoxy groups -OCH3 is 1. The Hall–Kier alpha value is -1.22. The molecule has 0 spiro atoms. The number of likely N-dealkylation sites (tertiary alicyclic amines) is 1. The molecule has 140 valence electrons. The number of rotatable bonds is 5. The van der Waals surface area contributed by atoms with E-state index in [1.165, 1.54) is 23.5 Å². The van der Waals surface area contributed by atoms with Crippen LogP contribution in [0.25, 0.3) is 0 Å². The lowest BCUT2D eigenvalue weighted by Gasteiger charge is -2.38. The molecule has 2 heterocycles. The molecule has 1 aromatic rings. The van der Waals surface area contributed by atoms with Crippen molar-refractivity contribution < 1.29 is 22.7 Å². The monoisotopic (exact) mass is 372 g/mol. The van der Waals surface area contributed by atoms with Gasteiger partial charge >= 0.3 is 0 Å². The Morgan fingerprint density at radius 3 is 2.60 bits per heavy atom. The zero-order chi connectivity index (χ0) is 18.0. The number of aliphatic hydroxyl groups is 1. The van der Waals surface area contributed by atoms with E-state index < -0.39 is 15.8 Å². The average molecular weight is 372 g/mol. The number of hydrogen-bond donors (Lipinski definition) is 1. The minimum Gasteiger partial charge on any atom is -0.495 e. The number of sulfonamides is 1. The van der Waals surface area contributed by atoms with E-state index in [0.717, 1.165) is 25.5 Å². The zero-order valence-corrected chi connectivity index (χ0v) is 15.2. The van der Waals surface area contributed by atoms with Gasteiger partial charge in [-0.05, 0) is 50.4 Å². The summed E-state index contributed by atoms with van der Waals surface area (Å²) in [7, 11) is -2.42. The van der Waals surface area contributed by atoms with Crippen LogP contribution in [0.3, 0.4) is 0 Å². The maximum absolute atomic E-state index is 13.6. The van der Waals surface area contributed by atoms with Gasteiger partial charge in [-0.3, -0.25) is 4.90 Å². The third-order valence-corrected chi connectivity index (χ3v) is 7.19. The fourth-order valence-electron chi connectivity index (χ4n) is 3.94. The van der Waals surface area contributed by atoms with Gasteiger partial charge in [0, 0.05) is 25.2 Å². The van der Waals surface area contributed by atoms with Crippen molar-refractivity contribution in [2.24, 2.45) is 0 Å². The van der Waals surface area contributed by atoms with Gasteiger partial charge in [0.25, 0.3) is 0 Å². The summed E-state index contributed by atoms with van der Waals surface area (Å²) < 4.78 is 45.9. The number of hydrogen-bond acceptors (Lipinski definition) is 5. The first-order valence-corrected chi connectivity index (χ1v) is 10.1. The van der Waals surface area contributed by atoms with Crippen molar-refractivity contribution in [3.05, 3.63) is 24.0 Å². The Morgan fingerprint density at radius 1 is 1.24 bits per heavy atom. The summed E-state index contributed by atoms with van der Waals surface area (Å²) in [6, 6.07) is 4.03. The van der Waals surface area contributed by atoms with Crippen LogP contribution in [0.1, 0.15) is 25.7 Å². The lowest BCUT2D eigenvalue weighted by molar-refractivity contribution is 0.0898. The lowest BCUT2D eigenvalue weighted by atomic mass is 10.0. The molecule has 1 N–H and O–H groups in total. The highest BCUT2D eigenvalue weighted by molar-refractivity contribution is 7.89. The largest absolute Gasteiger partial charge is 0.495 e. The molecule has 0 saturated carbocycles. The SMILES string of the molecule is COc1ccc(F)cc1S(=O)(=O)N1CCC(N2CCC[C@H]2CO)CC1. The van der Waals surface area contributed by atoms with Gasteiger partial charge in [-0.1, -0.05) is 0 Å². The molecule has 2 aliphatic heterocycles. The Bertz CT molecular complexity index is 705. The average Bonchev–Trinajstić information content (AvgIpc) is 3.10. The van der Waals surface area contributed by atoms with Gasteiger partial charge in [0.05, 0.1) is 13.7 Å². The molecular weight excluding hydrogens is 347 g/mol. The van der Waals surface area contributed by atoms with Gasteiger partial charge in [0.2, 0.25) is 10.0 Å². The molecule has 0 amide bonds. The fraction of sp³-hybridized carbons (Fsp3) is 0.647. The maximum atomic E-state index is 13.6. The molecule has 8 heteroatoms. The molecule has 2 saturated heterocycles. The van der Waals surface area contributed by atoms with E-state index >= 15 is 0 Å². The van der Waals surface area contributed by atoms with Crippen molar-refractivity contribution in [2.45, 2.75) is 42.7 Å². The molecule has 25 heavy (non-hydrogen) atoms. The second-order valence-corrected chi connectivity index (χ2v) is 8.55. The lowest BCUT2D eigenvalue weighted by Crippen LogP contribution is -2.48. The first-order chi connectivity index (χ1) is 12.0. The number of halogens is 1. The highest BCUT2D eigenvalue weighted by Gasteiger charge is 2.36. The predicted octanol–water partition coefficient (Wildman–Crippen LogP) is 1.44. The van der Waals surface area contributed by atoms with Crippen LogP contribution in [0.5, 0.6) is 5.75 Å². The van der Waals surface area contributed by atoms with Crippen LogP contribution < -0.4 is 4.74 Å². The molecule has 2 fully saturated rings. The summed E-state index contributed by atoms with van der Waals surface area (Å²) in [5, 5.41) is 9.48. The number of benzene rings is 1. The second kappa shape index (κ2) is 7.57. The molecule has 0 radical (unpaired) electrons. The number of aliphatic hydroxyl groups excluding tert-OH is 1. The molecule has 2 aliphatic rings. The van der Waals surface area contributed by atoms with Crippen molar-refractivity contribution in [3.8, 4) is 5.75 Å². The summed E-state index contributed by atoms with van der Waals surface area (Å²) in [6.45, 7) is 1.89. The Labute approximate surface area is 148 Å². The minimum absolute atomic E-state index is 0.122. The van der Waals surface area contributed by atoms with Crippen LogP contribution in [0, 0.1) is 5.82 Å². The van der Waals surface area contributed by atoms with Crippen LogP contribution >= 0.6 is 0 Å². The summed E-state index contributed by atoms with van der Waals surface area (Å²) in [5.41, 5.74) is 0. The second-order valence-electron chi connectivity index (χ2n) is 6.65. The summed E-state index contributed by atoms with van der Waals surface area (Å²) in [5.74, 6) is -0.444. The van der Waals surface area contributed by atoms with Crippen molar-refractivity contribution in [2.75, 3.05) is 33.4 Å². The predicted molar refractivity (Wildman–Crippen MR) is 91.5 cm³/mol. The topological polar surface area (TPSA) is 70.1 Å². The Morgan fingerprint density at radius 2 is 1.96 bits per heavy atom. The Balaban J connectivity index is 1.73. The molecule has 1 atom stereocenters. The van der Waals surface area contributed by atoms with E-state index in [0.29, 0.717) is 32.0 Å². The number of piperidine rings is 1. The molecule has 1 aromatic carbocycles. The fourth-order valence-corrected chi connectivity index (χ4v) is 5.58. The van der Waals surface area contributed by atoms with Gasteiger partial charge in [-0.15, -0.1) is 0 Å². The normalized spacial score (nSPS) is 23.9. The summed E-state index contributed by atoms with van der Waals surface area (Å²) in [4.78, 5) is 2.19. The van der Waals surface area contributed by atoms with Gasteiger partial charge in [0.1, 0.15) is 16.5 Å². The van der Waals surface area contributed by atoms with Crippen molar-refractivity contribution in [3.63, 3.8) is 0 Å². The first-order valence-electron chi connectivity index (χ1n) is 8.67. The van der Waals surface area contributed by atoms with Crippen molar-refractivity contribution >= 4 is 10.0 Å². The van der Waals surface area contributed by atoms with E-state index in [-0.39, 0.29) is 23.3 Å². The van der Waals surface area contributed by atoms with Gasteiger partial charge in [0.15, 0.2) is 0 Å². The van der Waals surface area contributed by atoms with E-state index in [9.17, 15) is 17.9 Å². The van der Waals surface area contributed by atoms with Crippen molar-refractivity contribution in [1.82, 2.24) is 9.21 Å². The van der Waals surface area contributed by atoms with E-state index in [1.54, 1.807) is 0 Å². The highest BCUT2D eigenvalue weighted by Crippen LogP contribution is 2.31. The smallest absolute Gasteiger partial charge is 0.246 e. The Kier molecular flexibility index (Phi) is 5.62. The van der Waals surface area contributed by atoms with Crippen LogP contribution in [0.4, 0.5) is 4.39 Å². The molecule has 0 unspecified atom stereocenters. The molecule has 0 aromatic heterocycles. The zero-order valence-electron chi connectivity index (χ0n) is 14.4. The van der Waals surface area contributed by atoms with Crippen LogP contribution in [-0.4, -0.2) is 68.2 Å². The van der Waals surface area contributed by atoms with Gasteiger partial charge in [-0.2, -0.15) is 4.31 Å². The first kappa shape index (κ1) is 18.6. The number of ether oxygens (including phenoxy) is 1. The van der Waals surface area contributed by atoms with E-state index in [1.807, 2.05) is 0 Å². The standard InChI is InChI=1S/C17H25FN2O4S/c1-24-16-5-4-13(18)11-17(16)25(22,23)19-9-6-14(7-10-19)20-8-2-3-15(20)12-21/h4-5,11,14-15,21H,2-3,6-10,12H2,1H3/t15-/m0/s1. The highest BCUT2D eigenvalue weighted by atomic mass is 32.2. The minimum atomic E-state index is -3.79. The molecular formula is C17H25FN2O4S. The number of nitrogens with zero attached hydrogens (tertiary/aromatic N) is 2. The van der Waals surface area contributed by atoms with Crippen LogP contribution in [-0.2, 0) is 10.0 Å². The van der Waals surface area contributed by atoms with Gasteiger partial charge < -0.3 is 9.84 Å². The third-order valence-electron chi connectivity index (χ3n) is 5.27. The third kappa shape index (κ3) is 3.67. The van der Waals surface area contributed by atoms with E-state index in [2.05, 4.69) is 4.90 Å². The molecule has 6 nitrogen and oxygen atoms in total. The van der Waals surface area contributed by atoms with Crippen LogP contribution in [0.15, 0.2) is 23.1 Å². The molecule has 3 rings (SSSR count). The summed E-state index contributed by atoms with van der Waals surface area (Å²) >= 11 is 0. The molecule has 0 aliphatic carbocycles. The molecule has 0 bridgehead atoms. The van der Waals surface area contributed by atoms with Crippen molar-refractivity contribution in [1.29, 1.82) is 0 Å². The maximum Gasteiger partial charge on any atom is 0.246 e.